The van der Waals surface area contributed by atoms with Crippen molar-refractivity contribution in [3.8, 4) is 11.5 Å². The van der Waals surface area contributed by atoms with Gasteiger partial charge in [0.05, 0.1) is 0 Å². The Morgan fingerprint density at radius 1 is 1.00 bits per heavy atom. The van der Waals surface area contributed by atoms with Crippen LogP contribution in [0.15, 0.2) is 18.2 Å². The molecular formula is C16H21NO3. The van der Waals surface area contributed by atoms with E-state index in [0.29, 0.717) is 11.0 Å². The number of amides is 1. The van der Waals surface area contributed by atoms with Crippen LogP contribution in [0.2, 0.25) is 0 Å². The lowest BCUT2D eigenvalue weighted by Crippen LogP contribution is -2.42. The van der Waals surface area contributed by atoms with Crippen molar-refractivity contribution in [1.82, 2.24) is 4.90 Å². The molecule has 2 N–H and O–H groups in total. The molecule has 0 radical (unpaired) electrons. The molecule has 4 heteroatoms. The SMILES string of the molecule is O=C(c1ccc(O)c(O)c1)N1CCC2(CCCC2)CC1. The molecule has 1 spiro atoms. The number of benzene rings is 1. The van der Waals surface area contributed by atoms with E-state index in [4.69, 9.17) is 0 Å². The van der Waals surface area contributed by atoms with Crippen molar-refractivity contribution >= 4 is 5.91 Å². The van der Waals surface area contributed by atoms with Gasteiger partial charge in [0.15, 0.2) is 11.5 Å². The van der Waals surface area contributed by atoms with E-state index in [2.05, 4.69) is 0 Å². The van der Waals surface area contributed by atoms with Crippen molar-refractivity contribution in [3.05, 3.63) is 23.8 Å². The van der Waals surface area contributed by atoms with Gasteiger partial charge in [-0.2, -0.15) is 0 Å². The maximum absolute atomic E-state index is 12.4. The first-order valence-electron chi connectivity index (χ1n) is 7.41. The smallest absolute Gasteiger partial charge is 0.253 e. The van der Waals surface area contributed by atoms with Crippen LogP contribution in [0.3, 0.4) is 0 Å². The fourth-order valence-corrected chi connectivity index (χ4v) is 3.65. The van der Waals surface area contributed by atoms with Crippen molar-refractivity contribution in [2.75, 3.05) is 13.1 Å². The van der Waals surface area contributed by atoms with Crippen LogP contribution in [0.5, 0.6) is 11.5 Å². The Kier molecular flexibility index (Phi) is 3.32. The number of likely N-dealkylation sites (tertiary alicyclic amines) is 1. The van der Waals surface area contributed by atoms with Crippen LogP contribution in [-0.2, 0) is 0 Å². The first-order chi connectivity index (χ1) is 9.60. The minimum atomic E-state index is -0.236. The van der Waals surface area contributed by atoms with Crippen molar-refractivity contribution in [2.24, 2.45) is 5.41 Å². The molecule has 0 atom stereocenters. The standard InChI is InChI=1S/C16H21NO3/c18-13-4-3-12(11-14(13)19)15(20)17-9-7-16(8-10-17)5-1-2-6-16/h3-4,11,18-19H,1-2,5-10H2. The van der Waals surface area contributed by atoms with Crippen molar-refractivity contribution in [1.29, 1.82) is 0 Å². The lowest BCUT2D eigenvalue weighted by Gasteiger charge is -2.39. The summed E-state index contributed by atoms with van der Waals surface area (Å²) in [5.41, 5.74) is 0.941. The average molecular weight is 275 g/mol. The van der Waals surface area contributed by atoms with E-state index in [-0.39, 0.29) is 17.4 Å². The Hall–Kier alpha value is -1.71. The van der Waals surface area contributed by atoms with E-state index >= 15 is 0 Å². The van der Waals surface area contributed by atoms with Gasteiger partial charge >= 0.3 is 0 Å². The second-order valence-electron chi connectivity index (χ2n) is 6.20. The van der Waals surface area contributed by atoms with Crippen LogP contribution in [0.25, 0.3) is 0 Å². The predicted octanol–water partition coefficient (Wildman–Crippen LogP) is 2.89. The van der Waals surface area contributed by atoms with E-state index in [0.717, 1.165) is 25.9 Å². The quantitative estimate of drug-likeness (QED) is 0.775. The maximum atomic E-state index is 12.4. The Morgan fingerprint density at radius 2 is 1.65 bits per heavy atom. The highest BCUT2D eigenvalue weighted by Gasteiger charge is 2.38. The zero-order valence-electron chi connectivity index (χ0n) is 11.6. The summed E-state index contributed by atoms with van der Waals surface area (Å²) in [6, 6.07) is 4.28. The molecule has 3 rings (SSSR count). The number of hydrogen-bond acceptors (Lipinski definition) is 3. The fourth-order valence-electron chi connectivity index (χ4n) is 3.65. The molecule has 0 bridgehead atoms. The summed E-state index contributed by atoms with van der Waals surface area (Å²) in [5, 5.41) is 18.8. The Labute approximate surface area is 119 Å². The predicted molar refractivity (Wildman–Crippen MR) is 75.8 cm³/mol. The van der Waals surface area contributed by atoms with Crippen LogP contribution in [0, 0.1) is 5.41 Å². The molecule has 1 heterocycles. The van der Waals surface area contributed by atoms with E-state index in [9.17, 15) is 15.0 Å². The van der Waals surface area contributed by atoms with Crippen LogP contribution < -0.4 is 0 Å². The highest BCUT2D eigenvalue weighted by atomic mass is 16.3. The van der Waals surface area contributed by atoms with E-state index in [1.54, 1.807) is 6.07 Å². The number of rotatable bonds is 1. The van der Waals surface area contributed by atoms with Crippen LogP contribution in [0.4, 0.5) is 0 Å². The third kappa shape index (κ3) is 2.35. The van der Waals surface area contributed by atoms with Crippen molar-refractivity contribution in [2.45, 2.75) is 38.5 Å². The second-order valence-corrected chi connectivity index (χ2v) is 6.20. The van der Waals surface area contributed by atoms with E-state index in [1.165, 1.54) is 37.8 Å². The largest absolute Gasteiger partial charge is 0.504 e. The number of piperidine rings is 1. The van der Waals surface area contributed by atoms with Crippen molar-refractivity contribution in [3.63, 3.8) is 0 Å². The molecule has 108 valence electrons. The number of carbonyl (C=O) groups excluding carboxylic acids is 1. The lowest BCUT2D eigenvalue weighted by molar-refractivity contribution is 0.0587. The first kappa shape index (κ1) is 13.3. The second kappa shape index (κ2) is 5.00. The van der Waals surface area contributed by atoms with Gasteiger partial charge < -0.3 is 15.1 Å². The molecule has 1 amide bonds. The number of phenolic OH excluding ortho intramolecular Hbond substituents is 2. The molecule has 1 saturated heterocycles. The highest BCUT2D eigenvalue weighted by Crippen LogP contribution is 2.46. The number of hydrogen-bond donors (Lipinski definition) is 2. The maximum Gasteiger partial charge on any atom is 0.253 e. The van der Waals surface area contributed by atoms with Gasteiger partial charge in [-0.25, -0.2) is 0 Å². The molecule has 1 aromatic rings. The molecule has 0 unspecified atom stereocenters. The summed E-state index contributed by atoms with van der Waals surface area (Å²) in [6.07, 6.45) is 7.50. The van der Waals surface area contributed by atoms with Gasteiger partial charge in [0.2, 0.25) is 0 Å². The van der Waals surface area contributed by atoms with Gasteiger partial charge in [0, 0.05) is 18.7 Å². The molecule has 2 aliphatic rings. The number of nitrogens with zero attached hydrogens (tertiary/aromatic N) is 1. The summed E-state index contributed by atoms with van der Waals surface area (Å²) < 4.78 is 0. The fraction of sp³-hybridized carbons (Fsp3) is 0.562. The topological polar surface area (TPSA) is 60.8 Å². The van der Waals surface area contributed by atoms with Gasteiger partial charge in [-0.05, 0) is 49.3 Å². The number of aromatic hydroxyl groups is 2. The van der Waals surface area contributed by atoms with Gasteiger partial charge in [-0.1, -0.05) is 12.8 Å². The molecule has 1 saturated carbocycles. The summed E-state index contributed by atoms with van der Waals surface area (Å²) in [6.45, 7) is 1.61. The monoisotopic (exact) mass is 275 g/mol. The molecular weight excluding hydrogens is 254 g/mol. The van der Waals surface area contributed by atoms with Crippen LogP contribution in [-0.4, -0.2) is 34.1 Å². The lowest BCUT2D eigenvalue weighted by atomic mass is 9.77. The number of carbonyl (C=O) groups is 1. The molecule has 1 aliphatic heterocycles. The Balaban J connectivity index is 1.68. The molecule has 0 aromatic heterocycles. The normalized spacial score (nSPS) is 21.3. The zero-order chi connectivity index (χ0) is 14.2. The van der Waals surface area contributed by atoms with Crippen LogP contribution in [0.1, 0.15) is 48.9 Å². The average Bonchev–Trinajstić information content (AvgIpc) is 2.90. The minimum absolute atomic E-state index is 0.0480. The summed E-state index contributed by atoms with van der Waals surface area (Å²) in [7, 11) is 0. The molecule has 2 fully saturated rings. The summed E-state index contributed by atoms with van der Waals surface area (Å²) in [5.74, 6) is -0.474. The van der Waals surface area contributed by atoms with Gasteiger partial charge in [0.1, 0.15) is 0 Å². The van der Waals surface area contributed by atoms with Crippen molar-refractivity contribution < 1.29 is 15.0 Å². The zero-order valence-corrected chi connectivity index (χ0v) is 11.6. The minimum Gasteiger partial charge on any atom is -0.504 e. The van der Waals surface area contributed by atoms with Gasteiger partial charge in [-0.15, -0.1) is 0 Å². The van der Waals surface area contributed by atoms with E-state index < -0.39 is 0 Å². The van der Waals surface area contributed by atoms with Crippen LogP contribution >= 0.6 is 0 Å². The molecule has 4 nitrogen and oxygen atoms in total. The third-order valence-electron chi connectivity index (χ3n) is 5.00. The first-order valence-corrected chi connectivity index (χ1v) is 7.41. The number of phenols is 2. The Morgan fingerprint density at radius 3 is 2.25 bits per heavy atom. The summed E-state index contributed by atoms with van der Waals surface area (Å²) >= 11 is 0. The van der Waals surface area contributed by atoms with Gasteiger partial charge in [0.25, 0.3) is 5.91 Å². The Bertz CT molecular complexity index is 510. The molecule has 1 aromatic carbocycles. The highest BCUT2D eigenvalue weighted by molar-refractivity contribution is 5.95. The molecule has 1 aliphatic carbocycles. The third-order valence-corrected chi connectivity index (χ3v) is 5.00. The molecule has 20 heavy (non-hydrogen) atoms. The van der Waals surface area contributed by atoms with E-state index in [1.807, 2.05) is 4.90 Å². The van der Waals surface area contributed by atoms with Gasteiger partial charge in [-0.3, -0.25) is 4.79 Å². The summed E-state index contributed by atoms with van der Waals surface area (Å²) in [4.78, 5) is 14.3.